The number of carbonyl (C=O) groups is 4. The van der Waals surface area contributed by atoms with Gasteiger partial charge in [0.15, 0.2) is 0 Å². The second-order valence-electron chi connectivity index (χ2n) is 8.38. The Hall–Kier alpha value is -4.11. The van der Waals surface area contributed by atoms with Gasteiger partial charge in [0.25, 0.3) is 5.91 Å². The highest BCUT2D eigenvalue weighted by Crippen LogP contribution is 2.27. The van der Waals surface area contributed by atoms with Crippen LogP contribution in [-0.2, 0) is 26.6 Å². The highest BCUT2D eigenvalue weighted by molar-refractivity contribution is 7.98. The van der Waals surface area contributed by atoms with Crippen molar-refractivity contribution in [3.63, 3.8) is 0 Å². The zero-order chi connectivity index (χ0) is 26.4. The summed E-state index contributed by atoms with van der Waals surface area (Å²) in [6, 6.07) is 20.5. The molecule has 0 fully saturated rings. The number of benzene rings is 3. The molecule has 1 heterocycles. The third-order valence-corrected chi connectivity index (χ3v) is 7.05. The predicted octanol–water partition coefficient (Wildman–Crippen LogP) is 4.16. The Morgan fingerprint density at radius 3 is 2.16 bits per heavy atom. The van der Waals surface area contributed by atoms with Gasteiger partial charge >= 0.3 is 11.9 Å². The average Bonchev–Trinajstić information content (AvgIpc) is 3.26. The van der Waals surface area contributed by atoms with E-state index in [0.717, 1.165) is 11.1 Å². The summed E-state index contributed by atoms with van der Waals surface area (Å²) in [6.07, 6.45) is 0. The average molecular weight is 519 g/mol. The molecule has 0 radical (unpaired) electrons. The first kappa shape index (κ1) is 26.0. The Labute approximate surface area is 218 Å². The maximum absolute atomic E-state index is 13.6. The van der Waals surface area contributed by atoms with Gasteiger partial charge in [-0.3, -0.25) is 9.59 Å². The number of nitrogens with zero attached hydrogens (tertiary/aromatic N) is 1. The van der Waals surface area contributed by atoms with E-state index >= 15 is 0 Å². The van der Waals surface area contributed by atoms with Gasteiger partial charge in [-0.05, 0) is 35.4 Å². The molecule has 0 aliphatic carbocycles. The van der Waals surface area contributed by atoms with Crippen LogP contribution < -0.4 is 5.32 Å². The van der Waals surface area contributed by atoms with Crippen LogP contribution in [0.5, 0.6) is 0 Å². The lowest BCUT2D eigenvalue weighted by molar-refractivity contribution is -0.119. The van der Waals surface area contributed by atoms with Crippen LogP contribution in [-0.4, -0.2) is 54.7 Å². The molecule has 1 atom stereocenters. The summed E-state index contributed by atoms with van der Waals surface area (Å²) >= 11 is 1.54. The molecule has 1 unspecified atom stereocenters. The zero-order valence-corrected chi connectivity index (χ0v) is 21.2. The zero-order valence-electron chi connectivity index (χ0n) is 20.4. The maximum atomic E-state index is 13.6. The molecule has 1 N–H and O–H groups in total. The Morgan fingerprint density at radius 2 is 1.54 bits per heavy atom. The fourth-order valence-electron chi connectivity index (χ4n) is 4.10. The predicted molar refractivity (Wildman–Crippen MR) is 140 cm³/mol. The van der Waals surface area contributed by atoms with Crippen molar-refractivity contribution in [1.82, 2.24) is 4.90 Å². The molecule has 0 spiro atoms. The Balaban J connectivity index is 1.59. The van der Waals surface area contributed by atoms with Gasteiger partial charge in [-0.15, -0.1) is 0 Å². The maximum Gasteiger partial charge on any atom is 0.337 e. The van der Waals surface area contributed by atoms with E-state index < -0.39 is 23.9 Å². The Morgan fingerprint density at radius 1 is 0.919 bits per heavy atom. The summed E-state index contributed by atoms with van der Waals surface area (Å²) in [5.74, 6) is -0.956. The SMILES string of the molecule is COC(=O)c1cc(NC(=O)C(CSCc2ccccc2)N2Cc3ccccc3C2=O)cc(C(=O)OC)c1. The normalized spacial score (nSPS) is 13.0. The lowest BCUT2D eigenvalue weighted by Gasteiger charge is -2.27. The number of nitrogens with one attached hydrogen (secondary N) is 1. The number of anilines is 1. The fraction of sp³-hybridized carbons (Fsp3) is 0.214. The molecule has 190 valence electrons. The first-order valence-corrected chi connectivity index (χ1v) is 12.7. The van der Waals surface area contributed by atoms with E-state index in [-0.39, 0.29) is 22.7 Å². The van der Waals surface area contributed by atoms with Crippen LogP contribution in [0, 0.1) is 0 Å². The van der Waals surface area contributed by atoms with E-state index in [1.807, 2.05) is 42.5 Å². The van der Waals surface area contributed by atoms with Crippen LogP contribution in [0.25, 0.3) is 0 Å². The molecule has 37 heavy (non-hydrogen) atoms. The highest BCUT2D eigenvalue weighted by atomic mass is 32.2. The van der Waals surface area contributed by atoms with Gasteiger partial charge in [0, 0.05) is 29.3 Å². The van der Waals surface area contributed by atoms with E-state index in [2.05, 4.69) is 5.32 Å². The van der Waals surface area contributed by atoms with Gasteiger partial charge in [-0.25, -0.2) is 9.59 Å². The minimum Gasteiger partial charge on any atom is -0.465 e. The number of methoxy groups -OCH3 is 2. The van der Waals surface area contributed by atoms with Crippen molar-refractivity contribution < 1.29 is 28.7 Å². The van der Waals surface area contributed by atoms with Gasteiger partial charge < -0.3 is 19.7 Å². The van der Waals surface area contributed by atoms with Crippen LogP contribution in [0.4, 0.5) is 5.69 Å². The van der Waals surface area contributed by atoms with Crippen LogP contribution in [0.3, 0.4) is 0 Å². The molecule has 9 heteroatoms. The van der Waals surface area contributed by atoms with E-state index in [1.54, 1.807) is 28.8 Å². The first-order chi connectivity index (χ1) is 17.9. The van der Waals surface area contributed by atoms with Crippen molar-refractivity contribution in [3.8, 4) is 0 Å². The lowest BCUT2D eigenvalue weighted by Crippen LogP contribution is -2.46. The molecule has 4 rings (SSSR count). The van der Waals surface area contributed by atoms with Crippen molar-refractivity contribution >= 4 is 41.2 Å². The Bertz CT molecular complexity index is 1290. The van der Waals surface area contributed by atoms with E-state index in [0.29, 0.717) is 23.6 Å². The monoisotopic (exact) mass is 518 g/mol. The second-order valence-corrected chi connectivity index (χ2v) is 9.41. The molecule has 2 amide bonds. The molecule has 3 aromatic carbocycles. The van der Waals surface area contributed by atoms with E-state index in [4.69, 9.17) is 9.47 Å². The summed E-state index contributed by atoms with van der Waals surface area (Å²) < 4.78 is 9.56. The van der Waals surface area contributed by atoms with Crippen molar-refractivity contribution in [1.29, 1.82) is 0 Å². The number of rotatable bonds is 9. The number of esters is 2. The summed E-state index contributed by atoms with van der Waals surface area (Å²) in [5, 5.41) is 2.79. The summed E-state index contributed by atoms with van der Waals surface area (Å²) in [4.78, 5) is 52.7. The first-order valence-electron chi connectivity index (χ1n) is 11.5. The molecule has 1 aliphatic heterocycles. The molecule has 0 bridgehead atoms. The number of hydrogen-bond acceptors (Lipinski definition) is 7. The highest BCUT2D eigenvalue weighted by Gasteiger charge is 2.36. The van der Waals surface area contributed by atoms with Crippen LogP contribution in [0.15, 0.2) is 72.8 Å². The molecule has 3 aromatic rings. The smallest absolute Gasteiger partial charge is 0.337 e. The number of hydrogen-bond donors (Lipinski definition) is 1. The third kappa shape index (κ3) is 6.00. The van der Waals surface area contributed by atoms with Crippen LogP contribution in [0.1, 0.15) is 42.2 Å². The molecule has 0 aromatic heterocycles. The Kier molecular flexibility index (Phi) is 8.25. The number of fused-ring (bicyclic) bond motifs is 1. The molecular formula is C28H26N2O6S. The number of ether oxygens (including phenoxy) is 2. The number of thioether (sulfide) groups is 1. The van der Waals surface area contributed by atoms with Gasteiger partial charge in [0.05, 0.1) is 25.3 Å². The van der Waals surface area contributed by atoms with Crippen molar-refractivity contribution in [3.05, 3.63) is 101 Å². The van der Waals surface area contributed by atoms with E-state index in [9.17, 15) is 19.2 Å². The standard InChI is InChI=1S/C28H26N2O6S/c1-35-27(33)20-12-21(28(34)36-2)14-22(13-20)29-25(31)24(17-37-16-18-8-4-3-5-9-18)30-15-19-10-6-7-11-23(19)26(30)32/h3-14,24H,15-17H2,1-2H3,(H,29,31). The van der Waals surface area contributed by atoms with Gasteiger partial charge in [-0.2, -0.15) is 11.8 Å². The fourth-order valence-corrected chi connectivity index (χ4v) is 5.20. The summed E-state index contributed by atoms with van der Waals surface area (Å²) in [6.45, 7) is 0.314. The molecule has 0 saturated heterocycles. The summed E-state index contributed by atoms with van der Waals surface area (Å²) in [5.41, 5.74) is 2.93. The molecular weight excluding hydrogens is 492 g/mol. The van der Waals surface area contributed by atoms with Gasteiger partial charge in [0.2, 0.25) is 5.91 Å². The molecule has 8 nitrogen and oxygen atoms in total. The summed E-state index contributed by atoms with van der Waals surface area (Å²) in [7, 11) is 2.45. The third-order valence-electron chi connectivity index (χ3n) is 5.96. The minimum absolute atomic E-state index is 0.0837. The number of carbonyl (C=O) groups excluding carboxylic acids is 4. The second kappa shape index (κ2) is 11.7. The van der Waals surface area contributed by atoms with Crippen LogP contribution >= 0.6 is 11.8 Å². The minimum atomic E-state index is -0.794. The topological polar surface area (TPSA) is 102 Å². The number of amides is 2. The van der Waals surface area contributed by atoms with Crippen molar-refractivity contribution in [2.45, 2.75) is 18.3 Å². The largest absolute Gasteiger partial charge is 0.465 e. The van der Waals surface area contributed by atoms with E-state index in [1.165, 1.54) is 32.4 Å². The lowest BCUT2D eigenvalue weighted by atomic mass is 10.1. The quantitative estimate of drug-likeness (QED) is 0.425. The molecule has 0 saturated carbocycles. The van der Waals surface area contributed by atoms with Gasteiger partial charge in [-0.1, -0.05) is 48.5 Å². The van der Waals surface area contributed by atoms with Crippen molar-refractivity contribution in [2.75, 3.05) is 25.3 Å². The van der Waals surface area contributed by atoms with Gasteiger partial charge in [0.1, 0.15) is 6.04 Å². The van der Waals surface area contributed by atoms with Crippen LogP contribution in [0.2, 0.25) is 0 Å². The molecule has 1 aliphatic rings. The van der Waals surface area contributed by atoms with Crippen molar-refractivity contribution in [2.24, 2.45) is 0 Å².